The van der Waals surface area contributed by atoms with E-state index in [1.54, 1.807) is 0 Å². The molecule has 5 heteroatoms. The van der Waals surface area contributed by atoms with E-state index in [1.165, 1.54) is 16.5 Å². The van der Waals surface area contributed by atoms with E-state index in [1.807, 2.05) is 12.3 Å². The van der Waals surface area contributed by atoms with Gasteiger partial charge in [0.05, 0.1) is 5.52 Å². The zero-order chi connectivity index (χ0) is 38.7. The van der Waals surface area contributed by atoms with Crippen LogP contribution in [0.2, 0.25) is 0 Å². The van der Waals surface area contributed by atoms with Gasteiger partial charge in [-0.1, -0.05) is 140 Å². The first-order chi connectivity index (χ1) is 26.1. The molecule has 0 aliphatic heterocycles. The molecule has 4 nitrogen and oxygen atoms in total. The number of pyridine rings is 2. The van der Waals surface area contributed by atoms with Crippen molar-refractivity contribution in [2.24, 2.45) is 5.41 Å². The summed E-state index contributed by atoms with van der Waals surface area (Å²) in [5.74, 6) is 1.91. The Bertz CT molecular complexity index is 2680. The summed E-state index contributed by atoms with van der Waals surface area (Å²) in [6, 6.07) is 48.1. The summed E-state index contributed by atoms with van der Waals surface area (Å²) in [5.41, 5.74) is 12.4. The van der Waals surface area contributed by atoms with Gasteiger partial charge in [0.1, 0.15) is 17.2 Å². The molecule has 8 aromatic rings. The van der Waals surface area contributed by atoms with Crippen LogP contribution in [0.4, 0.5) is 0 Å². The van der Waals surface area contributed by atoms with Crippen LogP contribution in [-0.2, 0) is 38.3 Å². The van der Waals surface area contributed by atoms with E-state index in [-0.39, 0.29) is 37.3 Å². The first-order valence-electron chi connectivity index (χ1n) is 19.3. The molecule has 284 valence electrons. The summed E-state index contributed by atoms with van der Waals surface area (Å²) in [7, 11) is 0. The van der Waals surface area contributed by atoms with Crippen molar-refractivity contribution in [1.82, 2.24) is 14.5 Å². The fourth-order valence-corrected chi connectivity index (χ4v) is 7.30. The minimum Gasteiger partial charge on any atom is -0.461 e. The molecule has 8 rings (SSSR count). The number of hydrogen-bond acceptors (Lipinski definition) is 3. The maximum atomic E-state index is 6.22. The summed E-state index contributed by atoms with van der Waals surface area (Å²) < 4.78 is 8.47. The molecule has 4 heterocycles. The second kappa shape index (κ2) is 14.8. The van der Waals surface area contributed by atoms with Gasteiger partial charge >= 0.3 is 21.1 Å². The molecule has 56 heavy (non-hydrogen) atoms. The number of fused-ring (bicyclic) bond motifs is 3. The van der Waals surface area contributed by atoms with Crippen molar-refractivity contribution in [3.8, 4) is 50.7 Å². The van der Waals surface area contributed by atoms with Gasteiger partial charge in [0, 0.05) is 40.3 Å². The third kappa shape index (κ3) is 7.95. The molecule has 0 bridgehead atoms. The molecule has 0 saturated heterocycles. The molecule has 0 spiro atoms. The van der Waals surface area contributed by atoms with E-state index in [2.05, 4.69) is 188 Å². The number of furan rings is 1. The molecular formula is C51H49N3OPt. The average molecular weight is 915 g/mol. The second-order valence-corrected chi connectivity index (χ2v) is 18.1. The zero-order valence-corrected chi connectivity index (χ0v) is 36.1. The van der Waals surface area contributed by atoms with Crippen molar-refractivity contribution in [2.45, 2.75) is 79.6 Å². The molecule has 0 aliphatic carbocycles. The summed E-state index contributed by atoms with van der Waals surface area (Å²) in [6.07, 6.45) is 2.80. The summed E-state index contributed by atoms with van der Waals surface area (Å²) in [6.45, 7) is 20.2. The Balaban J connectivity index is 0.00000480. The van der Waals surface area contributed by atoms with Crippen LogP contribution in [0.15, 0.2) is 126 Å². The SMILES string of the molecule is CC(C)(C)Cc1ccc(-c2ccc(-c3ccnc(-c4[c-]c(-c5ccc6c7ccccc7n(-c7[c-]ccc(C(C)(C)C)c7)c6n5)cc(C(C)(C)C)c4)c3)cc2)o1.[Pt+2]. The number of hydrogen-bond donors (Lipinski definition) is 0. The van der Waals surface area contributed by atoms with E-state index in [0.717, 1.165) is 79.4 Å². The quantitative estimate of drug-likeness (QED) is 0.156. The van der Waals surface area contributed by atoms with Crippen molar-refractivity contribution >= 4 is 21.9 Å². The van der Waals surface area contributed by atoms with Crippen molar-refractivity contribution in [3.63, 3.8) is 0 Å². The van der Waals surface area contributed by atoms with Crippen LogP contribution in [0.5, 0.6) is 0 Å². The molecule has 0 aliphatic rings. The van der Waals surface area contributed by atoms with Crippen molar-refractivity contribution in [3.05, 3.63) is 150 Å². The van der Waals surface area contributed by atoms with Gasteiger partial charge in [0.25, 0.3) is 0 Å². The van der Waals surface area contributed by atoms with Crippen LogP contribution in [0, 0.1) is 17.5 Å². The number of para-hydroxylation sites is 1. The van der Waals surface area contributed by atoms with Crippen molar-refractivity contribution in [2.75, 3.05) is 0 Å². The Labute approximate surface area is 346 Å². The average Bonchev–Trinajstić information content (AvgIpc) is 3.75. The molecule has 0 N–H and O–H groups in total. The van der Waals surface area contributed by atoms with Crippen LogP contribution < -0.4 is 0 Å². The number of rotatable bonds is 6. The largest absolute Gasteiger partial charge is 2.00 e. The summed E-state index contributed by atoms with van der Waals surface area (Å²) in [5, 5.41) is 2.28. The summed E-state index contributed by atoms with van der Waals surface area (Å²) >= 11 is 0. The Kier molecular flexibility index (Phi) is 10.4. The van der Waals surface area contributed by atoms with Crippen molar-refractivity contribution < 1.29 is 25.5 Å². The fraction of sp³-hybridized carbons (Fsp3) is 0.255. The third-order valence-electron chi connectivity index (χ3n) is 10.3. The molecule has 0 saturated carbocycles. The van der Waals surface area contributed by atoms with E-state index in [9.17, 15) is 0 Å². The number of nitrogens with zero attached hydrogens (tertiary/aromatic N) is 3. The van der Waals surface area contributed by atoms with E-state index in [4.69, 9.17) is 14.4 Å². The Morgan fingerprint density at radius 2 is 1.32 bits per heavy atom. The minimum atomic E-state index is -0.105. The molecular weight excluding hydrogens is 866 g/mol. The van der Waals surface area contributed by atoms with Gasteiger partial charge in [-0.15, -0.1) is 29.8 Å². The van der Waals surface area contributed by atoms with Gasteiger partial charge in [-0.25, -0.2) is 0 Å². The first-order valence-corrected chi connectivity index (χ1v) is 19.3. The van der Waals surface area contributed by atoms with Gasteiger partial charge in [-0.05, 0) is 51.6 Å². The molecule has 0 unspecified atom stereocenters. The third-order valence-corrected chi connectivity index (χ3v) is 10.3. The molecule has 0 amide bonds. The standard InChI is InChI=1S/C51H49N3O.Pt/c1-49(2,3)32-41-21-24-47(55-41)34-19-17-33(18-20-34)35-25-26-52-45(30-35)37-27-36(28-39(29-37)51(7,8)9)44-23-22-43-42-15-10-11-16-46(42)54(48(43)53-44)40-14-12-13-38(31-40)50(4,5)6;/h10-13,15-26,28-31H,32H2,1-9H3;/q-2;+2. The molecule has 4 aromatic heterocycles. The van der Waals surface area contributed by atoms with Crippen LogP contribution in [0.25, 0.3) is 72.6 Å². The van der Waals surface area contributed by atoms with E-state index < -0.39 is 0 Å². The van der Waals surface area contributed by atoms with Crippen molar-refractivity contribution in [1.29, 1.82) is 0 Å². The smallest absolute Gasteiger partial charge is 0.461 e. The topological polar surface area (TPSA) is 43.9 Å². The monoisotopic (exact) mass is 914 g/mol. The Morgan fingerprint density at radius 1 is 0.625 bits per heavy atom. The Morgan fingerprint density at radius 3 is 2.04 bits per heavy atom. The number of aromatic nitrogens is 3. The maximum absolute atomic E-state index is 6.22. The second-order valence-electron chi connectivity index (χ2n) is 18.1. The normalized spacial score (nSPS) is 12.3. The van der Waals surface area contributed by atoms with Crippen LogP contribution in [0.3, 0.4) is 0 Å². The minimum absolute atomic E-state index is 0. The zero-order valence-electron chi connectivity index (χ0n) is 33.8. The molecule has 0 atom stereocenters. The van der Waals surface area contributed by atoms with Gasteiger partial charge in [0.2, 0.25) is 0 Å². The predicted molar refractivity (Wildman–Crippen MR) is 229 cm³/mol. The maximum Gasteiger partial charge on any atom is 2.00 e. The van der Waals surface area contributed by atoms with Gasteiger partial charge < -0.3 is 8.98 Å². The van der Waals surface area contributed by atoms with Gasteiger partial charge in [-0.2, -0.15) is 23.8 Å². The fourth-order valence-electron chi connectivity index (χ4n) is 7.30. The van der Waals surface area contributed by atoms with E-state index in [0.29, 0.717) is 0 Å². The molecule has 0 radical (unpaired) electrons. The van der Waals surface area contributed by atoms with Crippen LogP contribution >= 0.6 is 0 Å². The molecule has 0 fully saturated rings. The predicted octanol–water partition coefficient (Wildman–Crippen LogP) is 13.6. The Hall–Kier alpha value is -5.05. The first kappa shape index (κ1) is 39.2. The van der Waals surface area contributed by atoms with Crippen LogP contribution in [-0.4, -0.2) is 14.5 Å². The number of benzene rings is 4. The van der Waals surface area contributed by atoms with Crippen LogP contribution in [0.1, 0.15) is 79.2 Å². The molecule has 4 aromatic carbocycles. The summed E-state index contributed by atoms with van der Waals surface area (Å²) in [4.78, 5) is 10.3. The van der Waals surface area contributed by atoms with Gasteiger partial charge in [0.15, 0.2) is 0 Å². The van der Waals surface area contributed by atoms with Gasteiger partial charge in [-0.3, -0.25) is 9.97 Å². The van der Waals surface area contributed by atoms with E-state index >= 15 is 0 Å².